The molecule has 2 rings (SSSR count). The first-order valence-corrected chi connectivity index (χ1v) is 7.04. The molecule has 1 aliphatic rings. The van der Waals surface area contributed by atoms with Crippen LogP contribution in [0.5, 0.6) is 0 Å². The minimum Gasteiger partial charge on any atom is -0.311 e. The minimum atomic E-state index is 0. The lowest BCUT2D eigenvalue weighted by Crippen LogP contribution is -2.54. The predicted octanol–water partition coefficient (Wildman–Crippen LogP) is 3.11. The van der Waals surface area contributed by atoms with Crippen molar-refractivity contribution in [2.45, 2.75) is 32.5 Å². The molecule has 1 aliphatic heterocycles. The average molecular weight is 326 g/mol. The molecular formula is C11H18BrClN2S. The molecule has 16 heavy (non-hydrogen) atoms. The molecule has 2 atom stereocenters. The number of halogens is 2. The van der Waals surface area contributed by atoms with Gasteiger partial charge >= 0.3 is 0 Å². The molecule has 2 heterocycles. The summed E-state index contributed by atoms with van der Waals surface area (Å²) in [4.78, 5) is 4.00. The monoisotopic (exact) mass is 324 g/mol. The molecule has 0 bridgehead atoms. The largest absolute Gasteiger partial charge is 0.311 e. The van der Waals surface area contributed by atoms with Crippen LogP contribution in [0.25, 0.3) is 0 Å². The Hall–Kier alpha value is 0.390. The molecule has 0 aromatic carbocycles. The second-order valence-electron chi connectivity index (χ2n) is 4.19. The van der Waals surface area contributed by atoms with Gasteiger partial charge in [0.2, 0.25) is 0 Å². The van der Waals surface area contributed by atoms with Crippen molar-refractivity contribution in [3.63, 3.8) is 0 Å². The molecule has 1 aromatic heterocycles. The summed E-state index contributed by atoms with van der Waals surface area (Å²) in [5.74, 6) is 0. The number of hydrogen-bond acceptors (Lipinski definition) is 3. The van der Waals surface area contributed by atoms with E-state index in [4.69, 9.17) is 0 Å². The van der Waals surface area contributed by atoms with Gasteiger partial charge in [-0.15, -0.1) is 23.7 Å². The summed E-state index contributed by atoms with van der Waals surface area (Å²) in [7, 11) is 0. The van der Waals surface area contributed by atoms with Gasteiger partial charge in [0.25, 0.3) is 0 Å². The van der Waals surface area contributed by atoms with E-state index in [1.54, 1.807) is 0 Å². The molecule has 1 saturated heterocycles. The fourth-order valence-corrected chi connectivity index (χ4v) is 3.46. The summed E-state index contributed by atoms with van der Waals surface area (Å²) in [6.45, 7) is 7.92. The molecule has 92 valence electrons. The van der Waals surface area contributed by atoms with Crippen LogP contribution in [0.15, 0.2) is 15.9 Å². The van der Waals surface area contributed by atoms with Gasteiger partial charge in [0.05, 0.1) is 0 Å². The highest BCUT2D eigenvalue weighted by Gasteiger charge is 2.24. The number of nitrogens with one attached hydrogen (secondary N) is 1. The van der Waals surface area contributed by atoms with Gasteiger partial charge in [-0.3, -0.25) is 4.90 Å². The second-order valence-corrected chi connectivity index (χ2v) is 6.10. The zero-order valence-corrected chi connectivity index (χ0v) is 12.8. The molecule has 0 radical (unpaired) electrons. The molecule has 5 heteroatoms. The highest BCUT2D eigenvalue weighted by atomic mass is 79.9. The Kier molecular flexibility index (Phi) is 5.74. The van der Waals surface area contributed by atoms with Crippen molar-refractivity contribution in [2.24, 2.45) is 0 Å². The van der Waals surface area contributed by atoms with Crippen LogP contribution in [0, 0.1) is 0 Å². The van der Waals surface area contributed by atoms with Gasteiger partial charge < -0.3 is 5.32 Å². The summed E-state index contributed by atoms with van der Waals surface area (Å²) >= 11 is 5.34. The van der Waals surface area contributed by atoms with E-state index in [9.17, 15) is 0 Å². The summed E-state index contributed by atoms with van der Waals surface area (Å²) in [5.41, 5.74) is 0. The van der Waals surface area contributed by atoms with Crippen LogP contribution < -0.4 is 5.32 Å². The Morgan fingerprint density at radius 3 is 2.94 bits per heavy atom. The minimum absolute atomic E-state index is 0. The fraction of sp³-hybridized carbons (Fsp3) is 0.636. The molecule has 1 N–H and O–H groups in total. The highest BCUT2D eigenvalue weighted by Crippen LogP contribution is 2.22. The topological polar surface area (TPSA) is 15.3 Å². The zero-order valence-electron chi connectivity index (χ0n) is 9.57. The number of thiophene rings is 1. The van der Waals surface area contributed by atoms with Crippen LogP contribution in [-0.4, -0.2) is 30.1 Å². The molecular weight excluding hydrogens is 308 g/mol. The number of rotatable bonds is 2. The highest BCUT2D eigenvalue weighted by molar-refractivity contribution is 9.10. The summed E-state index contributed by atoms with van der Waals surface area (Å²) < 4.78 is 1.21. The number of nitrogens with zero attached hydrogens (tertiary/aromatic N) is 1. The van der Waals surface area contributed by atoms with Crippen molar-refractivity contribution in [3.05, 3.63) is 20.8 Å². The van der Waals surface area contributed by atoms with E-state index in [0.717, 1.165) is 19.6 Å². The van der Waals surface area contributed by atoms with Crippen molar-refractivity contribution < 1.29 is 0 Å². The SMILES string of the molecule is CC1NCCN(Cc2cc(Br)cs2)C1C.Cl. The molecule has 0 spiro atoms. The first kappa shape index (κ1) is 14.5. The van der Waals surface area contributed by atoms with Gasteiger partial charge in [0.1, 0.15) is 0 Å². The van der Waals surface area contributed by atoms with Crippen molar-refractivity contribution in [2.75, 3.05) is 13.1 Å². The number of piperazine rings is 1. The Morgan fingerprint density at radius 1 is 1.56 bits per heavy atom. The average Bonchev–Trinajstić information content (AvgIpc) is 2.59. The maximum Gasteiger partial charge on any atom is 0.0332 e. The Morgan fingerprint density at radius 2 is 2.31 bits per heavy atom. The first-order valence-electron chi connectivity index (χ1n) is 5.37. The Balaban J connectivity index is 0.00000128. The standard InChI is InChI=1S/C11H17BrN2S.ClH/c1-8-9(2)14(4-3-13-8)6-11-5-10(12)7-15-11;/h5,7-9,13H,3-4,6H2,1-2H3;1H. The summed E-state index contributed by atoms with van der Waals surface area (Å²) in [6, 6.07) is 3.45. The third-order valence-electron chi connectivity index (χ3n) is 3.15. The predicted molar refractivity (Wildman–Crippen MR) is 76.6 cm³/mol. The van der Waals surface area contributed by atoms with E-state index in [-0.39, 0.29) is 12.4 Å². The van der Waals surface area contributed by atoms with E-state index >= 15 is 0 Å². The molecule has 1 fully saturated rings. The van der Waals surface area contributed by atoms with E-state index in [1.165, 1.54) is 9.35 Å². The third-order valence-corrected chi connectivity index (χ3v) is 4.83. The van der Waals surface area contributed by atoms with Crippen molar-refractivity contribution in [3.8, 4) is 0 Å². The quantitative estimate of drug-likeness (QED) is 0.899. The molecule has 0 saturated carbocycles. The van der Waals surface area contributed by atoms with Crippen LogP contribution in [0.1, 0.15) is 18.7 Å². The van der Waals surface area contributed by atoms with Crippen LogP contribution in [0.4, 0.5) is 0 Å². The summed E-state index contributed by atoms with van der Waals surface area (Å²) in [6.07, 6.45) is 0. The van der Waals surface area contributed by atoms with Crippen molar-refractivity contribution in [1.29, 1.82) is 0 Å². The lowest BCUT2D eigenvalue weighted by molar-refractivity contribution is 0.132. The second kappa shape index (κ2) is 6.36. The molecule has 1 aromatic rings. The van der Waals surface area contributed by atoms with Crippen LogP contribution >= 0.6 is 39.7 Å². The number of hydrogen-bond donors (Lipinski definition) is 1. The maximum absolute atomic E-state index is 3.51. The molecule has 0 aliphatic carbocycles. The fourth-order valence-electron chi connectivity index (χ4n) is 1.99. The lowest BCUT2D eigenvalue weighted by Gasteiger charge is -2.38. The van der Waals surface area contributed by atoms with Gasteiger partial charge in [0, 0.05) is 46.4 Å². The third kappa shape index (κ3) is 3.44. The molecule has 2 nitrogen and oxygen atoms in total. The van der Waals surface area contributed by atoms with E-state index in [2.05, 4.69) is 51.4 Å². The van der Waals surface area contributed by atoms with Gasteiger partial charge in [-0.25, -0.2) is 0 Å². The smallest absolute Gasteiger partial charge is 0.0332 e. The van der Waals surface area contributed by atoms with E-state index in [1.807, 2.05) is 11.3 Å². The van der Waals surface area contributed by atoms with Crippen molar-refractivity contribution >= 4 is 39.7 Å². The maximum atomic E-state index is 3.51. The van der Waals surface area contributed by atoms with Gasteiger partial charge in [-0.05, 0) is 35.8 Å². The van der Waals surface area contributed by atoms with Crippen LogP contribution in [0.3, 0.4) is 0 Å². The first-order chi connectivity index (χ1) is 7.16. The van der Waals surface area contributed by atoms with Gasteiger partial charge in [-0.1, -0.05) is 0 Å². The van der Waals surface area contributed by atoms with E-state index in [0.29, 0.717) is 12.1 Å². The van der Waals surface area contributed by atoms with E-state index < -0.39 is 0 Å². The normalized spacial score (nSPS) is 26.4. The molecule has 2 unspecified atom stereocenters. The Bertz CT molecular complexity index is 332. The van der Waals surface area contributed by atoms with Crippen LogP contribution in [-0.2, 0) is 6.54 Å². The lowest BCUT2D eigenvalue weighted by atomic mass is 10.1. The Labute approximate surface area is 116 Å². The summed E-state index contributed by atoms with van der Waals surface area (Å²) in [5, 5.41) is 5.66. The molecule has 0 amide bonds. The zero-order chi connectivity index (χ0) is 10.8. The van der Waals surface area contributed by atoms with Gasteiger partial charge in [0.15, 0.2) is 0 Å². The van der Waals surface area contributed by atoms with Gasteiger partial charge in [-0.2, -0.15) is 0 Å². The van der Waals surface area contributed by atoms with Crippen LogP contribution in [0.2, 0.25) is 0 Å². The van der Waals surface area contributed by atoms with Crippen molar-refractivity contribution in [1.82, 2.24) is 10.2 Å².